The highest BCUT2D eigenvalue weighted by Crippen LogP contribution is 2.21. The molecule has 1 aromatic carbocycles. The molecule has 0 saturated heterocycles. The quantitative estimate of drug-likeness (QED) is 0.766. The van der Waals surface area contributed by atoms with Crippen LogP contribution in [0, 0.1) is 0 Å². The highest BCUT2D eigenvalue weighted by atomic mass is 16.5. The monoisotopic (exact) mass is 210 g/mol. The Labute approximate surface area is 88.1 Å². The van der Waals surface area contributed by atoms with Crippen molar-refractivity contribution < 1.29 is 19.7 Å². The number of carbonyl (C=O) groups is 1. The number of aliphatic hydroxyl groups is 2. The van der Waals surface area contributed by atoms with Gasteiger partial charge in [-0.2, -0.15) is 0 Å². The molecule has 0 aliphatic heterocycles. The number of hydrogen-bond donors (Lipinski definition) is 2. The smallest absolute Gasteiger partial charge is 0.161 e. The number of hydrogen-bond acceptors (Lipinski definition) is 4. The van der Waals surface area contributed by atoms with E-state index >= 15 is 0 Å². The number of rotatable bonds is 4. The summed E-state index contributed by atoms with van der Waals surface area (Å²) in [7, 11) is 1.51. The molecule has 0 aromatic heterocycles. The molecule has 0 radical (unpaired) electrons. The van der Waals surface area contributed by atoms with E-state index in [-0.39, 0.29) is 0 Å². The van der Waals surface area contributed by atoms with Crippen LogP contribution in [0.2, 0.25) is 0 Å². The lowest BCUT2D eigenvalue weighted by Gasteiger charge is -2.15. The highest BCUT2D eigenvalue weighted by Gasteiger charge is 2.22. The molecule has 0 spiro atoms. The van der Waals surface area contributed by atoms with E-state index in [1.807, 2.05) is 0 Å². The zero-order valence-electron chi connectivity index (χ0n) is 8.68. The SMILES string of the molecule is COc1cccc([C@@H](O)[C@H](O)C(C)=O)c1. The number of Topliss-reactive ketones (excluding diaryl/α,β-unsaturated/α-hetero) is 1. The van der Waals surface area contributed by atoms with Crippen molar-refractivity contribution in [2.75, 3.05) is 7.11 Å². The van der Waals surface area contributed by atoms with E-state index in [2.05, 4.69) is 0 Å². The zero-order chi connectivity index (χ0) is 11.4. The molecular formula is C11H14O4. The fourth-order valence-electron chi connectivity index (χ4n) is 1.23. The molecule has 0 bridgehead atoms. The maximum absolute atomic E-state index is 10.9. The minimum atomic E-state index is -1.39. The Morgan fingerprint density at radius 2 is 2.07 bits per heavy atom. The Balaban J connectivity index is 2.90. The summed E-state index contributed by atoms with van der Waals surface area (Å²) in [5, 5.41) is 19.0. The Hall–Kier alpha value is -1.39. The van der Waals surface area contributed by atoms with Gasteiger partial charge in [0.2, 0.25) is 0 Å². The maximum Gasteiger partial charge on any atom is 0.161 e. The Morgan fingerprint density at radius 1 is 1.40 bits per heavy atom. The topological polar surface area (TPSA) is 66.8 Å². The van der Waals surface area contributed by atoms with Gasteiger partial charge in [0.25, 0.3) is 0 Å². The maximum atomic E-state index is 10.9. The number of aliphatic hydroxyl groups excluding tert-OH is 2. The van der Waals surface area contributed by atoms with Gasteiger partial charge in [0, 0.05) is 0 Å². The average molecular weight is 210 g/mol. The molecule has 0 amide bonds. The van der Waals surface area contributed by atoms with Crippen LogP contribution in [0.3, 0.4) is 0 Å². The molecule has 0 unspecified atom stereocenters. The molecule has 4 nitrogen and oxygen atoms in total. The summed E-state index contributed by atoms with van der Waals surface area (Å²) in [5.41, 5.74) is 0.456. The summed E-state index contributed by atoms with van der Waals surface area (Å²) in [5.74, 6) is 0.104. The second-order valence-electron chi connectivity index (χ2n) is 3.28. The van der Waals surface area contributed by atoms with E-state index in [1.165, 1.54) is 14.0 Å². The van der Waals surface area contributed by atoms with Crippen LogP contribution in [0.4, 0.5) is 0 Å². The molecule has 0 heterocycles. The van der Waals surface area contributed by atoms with Crippen molar-refractivity contribution in [1.82, 2.24) is 0 Å². The summed E-state index contributed by atoms with van der Waals surface area (Å²) in [6, 6.07) is 6.61. The third-order valence-electron chi connectivity index (χ3n) is 2.15. The third-order valence-corrected chi connectivity index (χ3v) is 2.15. The molecule has 15 heavy (non-hydrogen) atoms. The first-order chi connectivity index (χ1) is 7.06. The Bertz CT molecular complexity index is 348. The molecule has 0 saturated carbocycles. The van der Waals surface area contributed by atoms with Gasteiger partial charge in [0.1, 0.15) is 18.0 Å². The van der Waals surface area contributed by atoms with Crippen molar-refractivity contribution in [3.63, 3.8) is 0 Å². The summed E-state index contributed by atoms with van der Waals surface area (Å²) in [6.07, 6.45) is -2.60. The summed E-state index contributed by atoms with van der Waals surface area (Å²) >= 11 is 0. The van der Waals surface area contributed by atoms with Crippen LogP contribution in [0.25, 0.3) is 0 Å². The van der Waals surface area contributed by atoms with Gasteiger partial charge in [-0.1, -0.05) is 12.1 Å². The fourth-order valence-corrected chi connectivity index (χ4v) is 1.23. The Morgan fingerprint density at radius 3 is 2.60 bits per heavy atom. The lowest BCUT2D eigenvalue weighted by molar-refractivity contribution is -0.130. The van der Waals surface area contributed by atoms with Crippen LogP contribution in [0.5, 0.6) is 5.75 Å². The van der Waals surface area contributed by atoms with Crippen molar-refractivity contribution in [1.29, 1.82) is 0 Å². The van der Waals surface area contributed by atoms with Gasteiger partial charge in [0.15, 0.2) is 5.78 Å². The van der Waals surface area contributed by atoms with E-state index in [9.17, 15) is 15.0 Å². The first-order valence-corrected chi connectivity index (χ1v) is 4.56. The molecule has 0 aliphatic carbocycles. The van der Waals surface area contributed by atoms with Crippen molar-refractivity contribution in [3.8, 4) is 5.75 Å². The average Bonchev–Trinajstić information content (AvgIpc) is 2.27. The van der Waals surface area contributed by atoms with Gasteiger partial charge in [-0.15, -0.1) is 0 Å². The number of benzene rings is 1. The summed E-state index contributed by atoms with van der Waals surface area (Å²) in [6.45, 7) is 1.23. The van der Waals surface area contributed by atoms with Gasteiger partial charge in [-0.3, -0.25) is 4.79 Å². The molecule has 2 N–H and O–H groups in total. The van der Waals surface area contributed by atoms with Crippen LogP contribution < -0.4 is 4.74 Å². The minimum absolute atomic E-state index is 0.456. The highest BCUT2D eigenvalue weighted by molar-refractivity contribution is 5.81. The predicted molar refractivity (Wildman–Crippen MR) is 54.6 cm³/mol. The molecule has 0 fully saturated rings. The zero-order valence-corrected chi connectivity index (χ0v) is 8.68. The molecule has 0 aliphatic rings. The molecule has 2 atom stereocenters. The first kappa shape index (κ1) is 11.7. The van der Waals surface area contributed by atoms with Crippen molar-refractivity contribution in [2.24, 2.45) is 0 Å². The van der Waals surface area contributed by atoms with Gasteiger partial charge < -0.3 is 14.9 Å². The van der Waals surface area contributed by atoms with E-state index in [0.29, 0.717) is 11.3 Å². The lowest BCUT2D eigenvalue weighted by atomic mass is 10.0. The van der Waals surface area contributed by atoms with Crippen LogP contribution in [0.1, 0.15) is 18.6 Å². The van der Waals surface area contributed by atoms with Crippen molar-refractivity contribution in [2.45, 2.75) is 19.1 Å². The molecule has 1 aromatic rings. The van der Waals surface area contributed by atoms with E-state index in [0.717, 1.165) is 0 Å². The predicted octanol–water partition coefficient (Wildman–Crippen LogP) is 0.678. The molecule has 4 heteroatoms. The first-order valence-electron chi connectivity index (χ1n) is 4.56. The van der Waals surface area contributed by atoms with Gasteiger partial charge in [-0.05, 0) is 24.6 Å². The minimum Gasteiger partial charge on any atom is -0.497 e. The molecule has 82 valence electrons. The van der Waals surface area contributed by atoms with Crippen LogP contribution in [-0.4, -0.2) is 29.2 Å². The van der Waals surface area contributed by atoms with Gasteiger partial charge in [-0.25, -0.2) is 0 Å². The number of ether oxygens (including phenoxy) is 1. The van der Waals surface area contributed by atoms with Crippen molar-refractivity contribution in [3.05, 3.63) is 29.8 Å². The molecule has 1 rings (SSSR count). The number of methoxy groups -OCH3 is 1. The summed E-state index contributed by atoms with van der Waals surface area (Å²) < 4.78 is 4.97. The van der Waals surface area contributed by atoms with E-state index in [4.69, 9.17) is 4.74 Å². The number of ketones is 1. The van der Waals surface area contributed by atoms with Gasteiger partial charge >= 0.3 is 0 Å². The largest absolute Gasteiger partial charge is 0.497 e. The standard InChI is InChI=1S/C11H14O4/c1-7(12)10(13)11(14)8-4-3-5-9(6-8)15-2/h3-6,10-11,13-14H,1-2H3/t10-,11-/m1/s1. The van der Waals surface area contributed by atoms with Crippen molar-refractivity contribution >= 4 is 5.78 Å². The number of carbonyl (C=O) groups excluding carboxylic acids is 1. The van der Waals surface area contributed by atoms with Gasteiger partial charge in [0.05, 0.1) is 7.11 Å². The van der Waals surface area contributed by atoms with E-state index < -0.39 is 18.0 Å². The fraction of sp³-hybridized carbons (Fsp3) is 0.364. The second kappa shape index (κ2) is 4.91. The van der Waals surface area contributed by atoms with E-state index in [1.54, 1.807) is 24.3 Å². The Kier molecular flexibility index (Phi) is 3.82. The third kappa shape index (κ3) is 2.78. The van der Waals surface area contributed by atoms with Crippen LogP contribution in [0.15, 0.2) is 24.3 Å². The van der Waals surface area contributed by atoms with Crippen LogP contribution >= 0.6 is 0 Å². The molecular weight excluding hydrogens is 196 g/mol. The van der Waals surface area contributed by atoms with Crippen LogP contribution in [-0.2, 0) is 4.79 Å². The normalized spacial score (nSPS) is 14.4. The second-order valence-corrected chi connectivity index (χ2v) is 3.28. The summed E-state index contributed by atoms with van der Waals surface area (Å²) in [4.78, 5) is 10.9. The lowest BCUT2D eigenvalue weighted by Crippen LogP contribution is -2.25.